The summed E-state index contributed by atoms with van der Waals surface area (Å²) in [5.41, 5.74) is 3.33. The Morgan fingerprint density at radius 2 is 1.62 bits per heavy atom. The van der Waals surface area contributed by atoms with E-state index in [0.717, 1.165) is 16.7 Å². The van der Waals surface area contributed by atoms with Gasteiger partial charge in [0.1, 0.15) is 6.61 Å². The van der Waals surface area contributed by atoms with Gasteiger partial charge in [0.15, 0.2) is 5.01 Å². The molecule has 0 bridgehead atoms. The van der Waals surface area contributed by atoms with Crippen molar-refractivity contribution >= 4 is 35.4 Å². The van der Waals surface area contributed by atoms with Crippen LogP contribution in [0.25, 0.3) is 6.08 Å². The lowest BCUT2D eigenvalue weighted by atomic mass is 10.0. The summed E-state index contributed by atoms with van der Waals surface area (Å²) in [4.78, 5) is 38.3. The molecule has 5 rings (SSSR count). The number of hydrogen-bond donors (Lipinski definition) is 0. The average Bonchev–Trinajstić information content (AvgIpc) is 3.56. The van der Waals surface area contributed by atoms with Crippen molar-refractivity contribution in [3.63, 3.8) is 0 Å². The second-order valence-corrected chi connectivity index (χ2v) is 9.23. The van der Waals surface area contributed by atoms with E-state index in [4.69, 9.17) is 4.74 Å². The molecule has 8 heteroatoms. The van der Waals surface area contributed by atoms with E-state index >= 15 is 0 Å². The lowest BCUT2D eigenvalue weighted by Crippen LogP contribution is -2.37. The van der Waals surface area contributed by atoms with Crippen molar-refractivity contribution in [2.45, 2.75) is 12.6 Å². The first-order valence-electron chi connectivity index (χ1n) is 11.7. The monoisotopic (exact) mass is 508 g/mol. The number of benzene rings is 3. The summed E-state index contributed by atoms with van der Waals surface area (Å²) in [5, 5.41) is 1.96. The van der Waals surface area contributed by atoms with Crippen molar-refractivity contribution in [3.8, 4) is 0 Å². The molecule has 1 fully saturated rings. The number of likely N-dealkylation sites (N-methyl/N-ethyl adjacent to an activating group) is 1. The fourth-order valence-electron chi connectivity index (χ4n) is 4.17. The molecule has 0 aliphatic carbocycles. The molecule has 1 atom stereocenters. The predicted octanol–water partition coefficient (Wildman–Crippen LogP) is 6.01. The van der Waals surface area contributed by atoms with Crippen LogP contribution in [0.4, 0.5) is 4.79 Å². The van der Waals surface area contributed by atoms with Crippen molar-refractivity contribution in [2.24, 2.45) is 4.99 Å². The maximum atomic E-state index is 13.7. The number of carbonyl (C=O) groups is 2. The van der Waals surface area contributed by atoms with Crippen molar-refractivity contribution < 1.29 is 14.3 Å². The number of carbonyl (C=O) groups excluding carboxylic acids is 2. The number of aromatic nitrogens is 1. The first kappa shape index (κ1) is 24.1. The first-order valence-corrected chi connectivity index (χ1v) is 12.6. The van der Waals surface area contributed by atoms with Crippen LogP contribution in [0.5, 0.6) is 0 Å². The minimum Gasteiger partial charge on any atom is -0.444 e. The molecule has 0 saturated carbocycles. The van der Waals surface area contributed by atoms with Gasteiger partial charge in [0.25, 0.3) is 0 Å². The zero-order valence-corrected chi connectivity index (χ0v) is 20.9. The van der Waals surface area contributed by atoms with Gasteiger partial charge in [0.05, 0.1) is 11.7 Å². The average molecular weight is 509 g/mol. The number of aliphatic imine (C=N–C) groups is 1. The SMILES string of the molecule is CN1/C(=N/C(=O)c2nccs2)N(C(=O)OCc2ccccc2)/C(=C\c2ccccc2)C1c1ccccc1. The van der Waals surface area contributed by atoms with E-state index in [-0.39, 0.29) is 23.6 Å². The second kappa shape index (κ2) is 11.0. The molecule has 0 radical (unpaired) electrons. The lowest BCUT2D eigenvalue weighted by Gasteiger charge is -2.20. The van der Waals surface area contributed by atoms with E-state index in [0.29, 0.717) is 5.70 Å². The van der Waals surface area contributed by atoms with Crippen LogP contribution in [-0.2, 0) is 11.3 Å². The smallest absolute Gasteiger partial charge is 0.421 e. The molecule has 2 amide bonds. The molecule has 0 N–H and O–H groups in total. The summed E-state index contributed by atoms with van der Waals surface area (Å²) in [6, 6.07) is 28.6. The van der Waals surface area contributed by atoms with Crippen LogP contribution in [0.15, 0.2) is 113 Å². The molecule has 1 aromatic heterocycles. The molecule has 1 aliphatic rings. The van der Waals surface area contributed by atoms with Gasteiger partial charge in [-0.15, -0.1) is 11.3 Å². The highest BCUT2D eigenvalue weighted by Crippen LogP contribution is 2.39. The highest BCUT2D eigenvalue weighted by molar-refractivity contribution is 7.11. The van der Waals surface area contributed by atoms with Crippen molar-refractivity contribution in [2.75, 3.05) is 7.05 Å². The Labute approximate surface area is 219 Å². The van der Waals surface area contributed by atoms with Gasteiger partial charge in [0, 0.05) is 18.6 Å². The van der Waals surface area contributed by atoms with Crippen molar-refractivity contribution in [1.82, 2.24) is 14.8 Å². The maximum Gasteiger partial charge on any atom is 0.421 e. The molecule has 1 saturated heterocycles. The Morgan fingerprint density at radius 3 is 2.27 bits per heavy atom. The number of ether oxygens (including phenoxy) is 1. The first-order chi connectivity index (χ1) is 18.1. The highest BCUT2D eigenvalue weighted by atomic mass is 32.1. The predicted molar refractivity (Wildman–Crippen MR) is 144 cm³/mol. The van der Waals surface area contributed by atoms with Gasteiger partial charge in [-0.25, -0.2) is 14.7 Å². The third kappa shape index (κ3) is 5.34. The van der Waals surface area contributed by atoms with Gasteiger partial charge in [-0.1, -0.05) is 91.0 Å². The number of rotatable bonds is 5. The summed E-state index contributed by atoms with van der Waals surface area (Å²) in [5.74, 6) is -0.347. The number of amides is 2. The number of nitrogens with zero attached hydrogens (tertiary/aromatic N) is 4. The summed E-state index contributed by atoms with van der Waals surface area (Å²) < 4.78 is 5.73. The maximum absolute atomic E-state index is 13.7. The van der Waals surface area contributed by atoms with Crippen LogP contribution in [-0.4, -0.2) is 39.8 Å². The highest BCUT2D eigenvalue weighted by Gasteiger charge is 2.44. The third-order valence-electron chi connectivity index (χ3n) is 5.88. The molecular formula is C29H24N4O3S. The Morgan fingerprint density at radius 1 is 0.973 bits per heavy atom. The largest absolute Gasteiger partial charge is 0.444 e. The second-order valence-electron chi connectivity index (χ2n) is 8.33. The molecule has 7 nitrogen and oxygen atoms in total. The molecule has 0 spiro atoms. The Kier molecular flexibility index (Phi) is 7.19. The number of thiazole rings is 1. The summed E-state index contributed by atoms with van der Waals surface area (Å²) >= 11 is 1.20. The lowest BCUT2D eigenvalue weighted by molar-refractivity contribution is 0.0999. The minimum absolute atomic E-state index is 0.0855. The zero-order chi connectivity index (χ0) is 25.6. The van der Waals surface area contributed by atoms with Crippen LogP contribution < -0.4 is 0 Å². The van der Waals surface area contributed by atoms with E-state index in [1.54, 1.807) is 11.6 Å². The number of guanidine groups is 1. The van der Waals surface area contributed by atoms with Gasteiger partial charge >= 0.3 is 12.0 Å². The Hall–Kier alpha value is -4.56. The van der Waals surface area contributed by atoms with Gasteiger partial charge in [-0.3, -0.25) is 4.79 Å². The summed E-state index contributed by atoms with van der Waals surface area (Å²) in [6.45, 7) is 0.0855. The van der Waals surface area contributed by atoms with E-state index < -0.39 is 12.0 Å². The van der Waals surface area contributed by atoms with E-state index in [9.17, 15) is 9.59 Å². The standard InChI is InChI=1S/C29H24N4O3S/c1-32-25(23-15-9-4-10-16-23)24(19-21-11-5-2-6-12-21)33(28(32)31-26(34)27-30-17-18-37-27)29(35)36-20-22-13-7-3-8-14-22/h2-19,25H,20H2,1H3/b24-19-,31-28-. The van der Waals surface area contributed by atoms with Gasteiger partial charge in [0.2, 0.25) is 5.96 Å². The topological polar surface area (TPSA) is 75.1 Å². The summed E-state index contributed by atoms with van der Waals surface area (Å²) in [7, 11) is 1.81. The normalized spacial score (nSPS) is 17.4. The molecule has 37 heavy (non-hydrogen) atoms. The van der Waals surface area contributed by atoms with Gasteiger partial charge < -0.3 is 9.64 Å². The van der Waals surface area contributed by atoms with Crippen LogP contribution in [0.1, 0.15) is 32.5 Å². The third-order valence-corrected chi connectivity index (χ3v) is 6.64. The van der Waals surface area contributed by atoms with E-state index in [2.05, 4.69) is 9.98 Å². The molecule has 1 aliphatic heterocycles. The fourth-order valence-corrected chi connectivity index (χ4v) is 4.69. The van der Waals surface area contributed by atoms with Crippen LogP contribution >= 0.6 is 11.3 Å². The van der Waals surface area contributed by atoms with E-state index in [1.165, 1.54) is 16.2 Å². The van der Waals surface area contributed by atoms with Crippen molar-refractivity contribution in [1.29, 1.82) is 0 Å². The molecule has 2 heterocycles. The fraction of sp³-hybridized carbons (Fsp3) is 0.103. The van der Waals surface area contributed by atoms with E-state index in [1.807, 2.05) is 109 Å². The Bertz CT molecular complexity index is 1420. The molecule has 3 aromatic carbocycles. The zero-order valence-electron chi connectivity index (χ0n) is 20.1. The molecule has 1 unspecified atom stereocenters. The number of hydrogen-bond acceptors (Lipinski definition) is 5. The van der Waals surface area contributed by atoms with Gasteiger partial charge in [-0.05, 0) is 22.8 Å². The summed E-state index contributed by atoms with van der Waals surface area (Å²) in [6.07, 6.45) is 2.85. The Balaban J connectivity index is 1.60. The quantitative estimate of drug-likeness (QED) is 0.330. The molecular weight excluding hydrogens is 484 g/mol. The molecule has 4 aromatic rings. The van der Waals surface area contributed by atoms with Gasteiger partial charge in [-0.2, -0.15) is 4.99 Å². The van der Waals surface area contributed by atoms with Crippen LogP contribution in [0.3, 0.4) is 0 Å². The minimum atomic E-state index is -0.623. The van der Waals surface area contributed by atoms with Crippen LogP contribution in [0, 0.1) is 0 Å². The van der Waals surface area contributed by atoms with Crippen LogP contribution in [0.2, 0.25) is 0 Å². The van der Waals surface area contributed by atoms with Crippen molar-refractivity contribution in [3.05, 3.63) is 130 Å². The molecule has 184 valence electrons.